The van der Waals surface area contributed by atoms with Crippen LogP contribution in [0, 0.1) is 18.6 Å². The monoisotopic (exact) mass is 350 g/mol. The summed E-state index contributed by atoms with van der Waals surface area (Å²) in [7, 11) is 0. The molecule has 0 atom stereocenters. The average Bonchev–Trinajstić information content (AvgIpc) is 3.04. The number of carbonyl (C=O) groups is 1. The summed E-state index contributed by atoms with van der Waals surface area (Å²) in [5.74, 6) is -0.301. The van der Waals surface area contributed by atoms with Crippen LogP contribution in [0.4, 0.5) is 13.6 Å². The summed E-state index contributed by atoms with van der Waals surface area (Å²) in [6.07, 6.45) is 2.00. The maximum absolute atomic E-state index is 13.1. The molecule has 1 aromatic carbocycles. The number of piperidine rings is 1. The van der Waals surface area contributed by atoms with E-state index in [1.807, 2.05) is 0 Å². The minimum Gasteiger partial charge on any atom is -0.339 e. The fraction of sp³-hybridized carbons (Fsp3) is 0.471. The van der Waals surface area contributed by atoms with Crippen molar-refractivity contribution in [2.75, 3.05) is 19.6 Å². The normalized spacial score (nSPS) is 15.4. The summed E-state index contributed by atoms with van der Waals surface area (Å²) in [6, 6.07) is 3.61. The Bertz CT molecular complexity index is 742. The highest BCUT2D eigenvalue weighted by molar-refractivity contribution is 5.74. The molecule has 6 nitrogen and oxygen atoms in total. The van der Waals surface area contributed by atoms with Crippen LogP contribution in [0.15, 0.2) is 22.7 Å². The summed E-state index contributed by atoms with van der Waals surface area (Å²) in [5, 5.41) is 6.61. The third-order valence-electron chi connectivity index (χ3n) is 4.35. The third-order valence-corrected chi connectivity index (χ3v) is 4.35. The number of aryl methyl sites for hydroxylation is 1. The number of nitrogens with zero attached hydrogens (tertiary/aromatic N) is 3. The van der Waals surface area contributed by atoms with Gasteiger partial charge in [-0.25, -0.2) is 13.6 Å². The van der Waals surface area contributed by atoms with Gasteiger partial charge in [0.1, 0.15) is 0 Å². The number of amides is 2. The van der Waals surface area contributed by atoms with Crippen LogP contribution in [-0.4, -0.2) is 40.7 Å². The lowest BCUT2D eigenvalue weighted by Gasteiger charge is -2.30. The first kappa shape index (κ1) is 17.3. The Morgan fingerprint density at radius 1 is 1.32 bits per heavy atom. The highest BCUT2D eigenvalue weighted by atomic mass is 19.2. The van der Waals surface area contributed by atoms with Crippen molar-refractivity contribution in [2.24, 2.45) is 0 Å². The van der Waals surface area contributed by atoms with E-state index in [9.17, 15) is 13.6 Å². The Balaban J connectivity index is 1.42. The van der Waals surface area contributed by atoms with Gasteiger partial charge in [0.2, 0.25) is 5.89 Å². The summed E-state index contributed by atoms with van der Waals surface area (Å²) < 4.78 is 31.2. The lowest BCUT2D eigenvalue weighted by molar-refractivity contribution is 0.175. The molecule has 3 rings (SSSR count). The predicted molar refractivity (Wildman–Crippen MR) is 86.0 cm³/mol. The van der Waals surface area contributed by atoms with Gasteiger partial charge in [0, 0.05) is 25.6 Å². The number of halogens is 2. The number of urea groups is 1. The fourth-order valence-electron chi connectivity index (χ4n) is 2.93. The van der Waals surface area contributed by atoms with Crippen molar-refractivity contribution < 1.29 is 18.1 Å². The molecule has 8 heteroatoms. The van der Waals surface area contributed by atoms with Crippen LogP contribution in [-0.2, 0) is 6.42 Å². The average molecular weight is 350 g/mol. The fourth-order valence-corrected chi connectivity index (χ4v) is 2.93. The van der Waals surface area contributed by atoms with E-state index >= 15 is 0 Å². The van der Waals surface area contributed by atoms with Crippen molar-refractivity contribution in [2.45, 2.75) is 32.1 Å². The number of benzene rings is 1. The second kappa shape index (κ2) is 7.58. The molecular weight excluding hydrogens is 330 g/mol. The Morgan fingerprint density at radius 3 is 2.72 bits per heavy atom. The molecule has 0 aliphatic carbocycles. The van der Waals surface area contributed by atoms with Gasteiger partial charge in [-0.2, -0.15) is 4.98 Å². The smallest absolute Gasteiger partial charge is 0.317 e. The Morgan fingerprint density at radius 2 is 2.08 bits per heavy atom. The highest BCUT2D eigenvalue weighted by Crippen LogP contribution is 2.26. The molecule has 1 saturated heterocycles. The molecule has 1 fully saturated rings. The molecule has 0 radical (unpaired) electrons. The van der Waals surface area contributed by atoms with E-state index < -0.39 is 11.6 Å². The van der Waals surface area contributed by atoms with Gasteiger partial charge < -0.3 is 14.7 Å². The molecule has 0 unspecified atom stereocenters. The standard InChI is InChI=1S/C17H20F2N4O2/c1-11-21-16(25-22-11)13-5-8-23(9-6-13)17(24)20-7-4-12-2-3-14(18)15(19)10-12/h2-3,10,13H,4-9H2,1H3,(H,20,24). The minimum absolute atomic E-state index is 0.150. The second-order valence-electron chi connectivity index (χ2n) is 6.17. The van der Waals surface area contributed by atoms with Crippen molar-refractivity contribution >= 4 is 6.03 Å². The Kier molecular flexibility index (Phi) is 5.25. The first-order valence-electron chi connectivity index (χ1n) is 8.30. The third kappa shape index (κ3) is 4.32. The molecule has 25 heavy (non-hydrogen) atoms. The van der Waals surface area contributed by atoms with Gasteiger partial charge in [0.25, 0.3) is 0 Å². The van der Waals surface area contributed by atoms with Gasteiger partial charge in [-0.15, -0.1) is 0 Å². The van der Waals surface area contributed by atoms with Gasteiger partial charge in [-0.05, 0) is 43.9 Å². The highest BCUT2D eigenvalue weighted by Gasteiger charge is 2.27. The Hall–Kier alpha value is -2.51. The molecule has 0 spiro atoms. The SMILES string of the molecule is Cc1noc(C2CCN(C(=O)NCCc3ccc(F)c(F)c3)CC2)n1. The van der Waals surface area contributed by atoms with E-state index in [1.54, 1.807) is 11.8 Å². The number of rotatable bonds is 4. The first-order valence-corrected chi connectivity index (χ1v) is 8.30. The van der Waals surface area contributed by atoms with Gasteiger partial charge in [-0.3, -0.25) is 0 Å². The van der Waals surface area contributed by atoms with Crippen LogP contribution in [0.3, 0.4) is 0 Å². The van der Waals surface area contributed by atoms with Gasteiger partial charge in [-0.1, -0.05) is 11.2 Å². The van der Waals surface area contributed by atoms with E-state index in [0.717, 1.165) is 25.0 Å². The molecule has 1 aromatic heterocycles. The summed E-state index contributed by atoms with van der Waals surface area (Å²) in [6.45, 7) is 3.38. The zero-order valence-electron chi connectivity index (χ0n) is 14.0. The first-order chi connectivity index (χ1) is 12.0. The summed E-state index contributed by atoms with van der Waals surface area (Å²) in [4.78, 5) is 18.2. The summed E-state index contributed by atoms with van der Waals surface area (Å²) in [5.41, 5.74) is 0.643. The zero-order chi connectivity index (χ0) is 17.8. The van der Waals surface area contributed by atoms with Crippen LogP contribution in [0.25, 0.3) is 0 Å². The second-order valence-corrected chi connectivity index (χ2v) is 6.17. The Labute approximate surface area is 144 Å². The van der Waals surface area contributed by atoms with E-state index in [1.165, 1.54) is 6.07 Å². The molecule has 0 bridgehead atoms. The van der Waals surface area contributed by atoms with E-state index in [-0.39, 0.29) is 11.9 Å². The number of aromatic nitrogens is 2. The molecule has 134 valence electrons. The maximum atomic E-state index is 13.1. The van der Waals surface area contributed by atoms with Crippen molar-refractivity contribution in [3.63, 3.8) is 0 Å². The van der Waals surface area contributed by atoms with E-state index in [2.05, 4.69) is 15.5 Å². The number of hydrogen-bond donors (Lipinski definition) is 1. The van der Waals surface area contributed by atoms with Crippen LogP contribution in [0.2, 0.25) is 0 Å². The van der Waals surface area contributed by atoms with E-state index in [0.29, 0.717) is 43.3 Å². The topological polar surface area (TPSA) is 71.3 Å². The molecule has 1 N–H and O–H groups in total. The summed E-state index contributed by atoms with van der Waals surface area (Å²) >= 11 is 0. The lowest BCUT2D eigenvalue weighted by atomic mass is 9.97. The van der Waals surface area contributed by atoms with Crippen LogP contribution in [0.5, 0.6) is 0 Å². The van der Waals surface area contributed by atoms with Crippen LogP contribution in [0.1, 0.15) is 36.0 Å². The van der Waals surface area contributed by atoms with Crippen molar-refractivity contribution in [1.82, 2.24) is 20.4 Å². The number of likely N-dealkylation sites (tertiary alicyclic amines) is 1. The van der Waals surface area contributed by atoms with Gasteiger partial charge >= 0.3 is 6.03 Å². The quantitative estimate of drug-likeness (QED) is 0.920. The van der Waals surface area contributed by atoms with Crippen molar-refractivity contribution in [1.29, 1.82) is 0 Å². The number of carbonyl (C=O) groups excluding carboxylic acids is 1. The number of hydrogen-bond acceptors (Lipinski definition) is 4. The molecular formula is C17H20F2N4O2. The van der Waals surface area contributed by atoms with Crippen molar-refractivity contribution in [3.8, 4) is 0 Å². The van der Waals surface area contributed by atoms with E-state index in [4.69, 9.17) is 4.52 Å². The predicted octanol–water partition coefficient (Wildman–Crippen LogP) is 2.79. The largest absolute Gasteiger partial charge is 0.339 e. The lowest BCUT2D eigenvalue weighted by Crippen LogP contribution is -2.44. The zero-order valence-corrected chi connectivity index (χ0v) is 14.0. The van der Waals surface area contributed by atoms with Crippen LogP contribution < -0.4 is 5.32 Å². The molecule has 0 saturated carbocycles. The molecule has 2 amide bonds. The van der Waals surface area contributed by atoms with Crippen LogP contribution >= 0.6 is 0 Å². The molecule has 2 aromatic rings. The molecule has 1 aliphatic heterocycles. The van der Waals surface area contributed by atoms with Crippen molar-refractivity contribution in [3.05, 3.63) is 47.1 Å². The molecule has 1 aliphatic rings. The minimum atomic E-state index is -0.873. The van der Waals surface area contributed by atoms with Gasteiger partial charge in [0.15, 0.2) is 17.5 Å². The molecule has 2 heterocycles. The van der Waals surface area contributed by atoms with Gasteiger partial charge in [0.05, 0.1) is 0 Å². The number of nitrogens with one attached hydrogen (secondary N) is 1. The maximum Gasteiger partial charge on any atom is 0.317 e.